The maximum Gasteiger partial charge on any atom is 0.256 e. The van der Waals surface area contributed by atoms with E-state index >= 15 is 0 Å². The number of halogens is 1. The second kappa shape index (κ2) is 9.30. The zero-order valence-electron chi connectivity index (χ0n) is 18.4. The van der Waals surface area contributed by atoms with Crippen molar-refractivity contribution in [2.75, 3.05) is 26.5 Å². The Morgan fingerprint density at radius 3 is 2.33 bits per heavy atom. The van der Waals surface area contributed by atoms with Gasteiger partial charge in [0.1, 0.15) is 5.75 Å². The number of hydrogen-bond acceptors (Lipinski definition) is 4. The molecule has 1 N–H and O–H groups in total. The minimum Gasteiger partial charge on any atom is -0.497 e. The number of methoxy groups -OCH3 is 1. The number of anilines is 1. The molecule has 33 heavy (non-hydrogen) atoms. The van der Waals surface area contributed by atoms with E-state index in [4.69, 9.17) is 21.3 Å². The van der Waals surface area contributed by atoms with Crippen molar-refractivity contribution in [2.24, 2.45) is 0 Å². The van der Waals surface area contributed by atoms with E-state index in [1.807, 2.05) is 48.5 Å². The molecule has 166 valence electrons. The molecule has 0 aliphatic rings. The van der Waals surface area contributed by atoms with Crippen LogP contribution in [0.15, 0.2) is 72.8 Å². The summed E-state index contributed by atoms with van der Waals surface area (Å²) in [7, 11) is 4.92. The first-order valence-electron chi connectivity index (χ1n) is 10.2. The van der Waals surface area contributed by atoms with Crippen LogP contribution in [0, 0.1) is 0 Å². The lowest BCUT2D eigenvalue weighted by Crippen LogP contribution is -2.22. The van der Waals surface area contributed by atoms with Crippen molar-refractivity contribution in [3.8, 4) is 17.0 Å². The average Bonchev–Trinajstić information content (AvgIpc) is 2.83. The van der Waals surface area contributed by atoms with Crippen LogP contribution in [0.3, 0.4) is 0 Å². The van der Waals surface area contributed by atoms with Gasteiger partial charge in [0.2, 0.25) is 0 Å². The smallest absolute Gasteiger partial charge is 0.256 e. The van der Waals surface area contributed by atoms with Crippen molar-refractivity contribution >= 4 is 40.0 Å². The Bertz CT molecular complexity index is 1350. The van der Waals surface area contributed by atoms with Crippen LogP contribution in [0.1, 0.15) is 20.7 Å². The first-order chi connectivity index (χ1) is 15.9. The third-order valence-corrected chi connectivity index (χ3v) is 5.52. The van der Waals surface area contributed by atoms with E-state index in [1.165, 1.54) is 4.90 Å². The lowest BCUT2D eigenvalue weighted by Gasteiger charge is -2.14. The maximum atomic E-state index is 13.3. The highest BCUT2D eigenvalue weighted by Gasteiger charge is 2.17. The van der Waals surface area contributed by atoms with Crippen molar-refractivity contribution < 1.29 is 14.3 Å². The van der Waals surface area contributed by atoms with Gasteiger partial charge in [0.25, 0.3) is 11.8 Å². The number of carbonyl (C=O) groups is 2. The van der Waals surface area contributed by atoms with E-state index in [0.29, 0.717) is 28.0 Å². The molecule has 0 aliphatic heterocycles. The summed E-state index contributed by atoms with van der Waals surface area (Å²) in [5.74, 6) is 0.235. The highest BCUT2D eigenvalue weighted by atomic mass is 35.5. The van der Waals surface area contributed by atoms with Gasteiger partial charge in [-0.15, -0.1) is 0 Å². The summed E-state index contributed by atoms with van der Waals surface area (Å²) < 4.78 is 5.23. The van der Waals surface area contributed by atoms with Gasteiger partial charge in [-0.3, -0.25) is 9.59 Å². The highest BCUT2D eigenvalue weighted by Crippen LogP contribution is 2.28. The minimum atomic E-state index is -0.300. The van der Waals surface area contributed by atoms with Gasteiger partial charge >= 0.3 is 0 Å². The summed E-state index contributed by atoms with van der Waals surface area (Å²) in [6.45, 7) is 0. The van der Waals surface area contributed by atoms with Crippen molar-refractivity contribution in [1.82, 2.24) is 9.88 Å². The topological polar surface area (TPSA) is 71.5 Å². The summed E-state index contributed by atoms with van der Waals surface area (Å²) in [4.78, 5) is 31.7. The normalized spacial score (nSPS) is 10.7. The van der Waals surface area contributed by atoms with Gasteiger partial charge in [0, 0.05) is 30.7 Å². The molecule has 0 saturated carbocycles. The van der Waals surface area contributed by atoms with Crippen LogP contribution >= 0.6 is 11.6 Å². The van der Waals surface area contributed by atoms with Crippen LogP contribution in [0.5, 0.6) is 5.75 Å². The SMILES string of the molecule is COc1ccc(-c2cc(C(=O)Nc3ccc(C(=O)N(C)C)c(Cl)c3)c3ccccc3n2)cc1. The monoisotopic (exact) mass is 459 g/mol. The fraction of sp³-hybridized carbons (Fsp3) is 0.115. The summed E-state index contributed by atoms with van der Waals surface area (Å²) in [6, 6.07) is 21.6. The molecule has 4 aromatic rings. The lowest BCUT2D eigenvalue weighted by molar-refractivity contribution is 0.0827. The minimum absolute atomic E-state index is 0.206. The number of para-hydroxylation sites is 1. The van der Waals surface area contributed by atoms with Crippen LogP contribution in [0.4, 0.5) is 5.69 Å². The Morgan fingerprint density at radius 1 is 0.939 bits per heavy atom. The number of ether oxygens (including phenoxy) is 1. The molecule has 4 rings (SSSR count). The van der Waals surface area contributed by atoms with Crippen molar-refractivity contribution in [3.05, 3.63) is 88.9 Å². The molecule has 7 heteroatoms. The van der Waals surface area contributed by atoms with Gasteiger partial charge < -0.3 is 15.0 Å². The number of nitrogens with one attached hydrogen (secondary N) is 1. The molecular weight excluding hydrogens is 438 g/mol. The van der Waals surface area contributed by atoms with Gasteiger partial charge in [-0.25, -0.2) is 4.98 Å². The largest absolute Gasteiger partial charge is 0.497 e. The van der Waals surface area contributed by atoms with Gasteiger partial charge in [0.05, 0.1) is 34.5 Å². The molecule has 0 aliphatic carbocycles. The number of fused-ring (bicyclic) bond motifs is 1. The number of rotatable bonds is 5. The van der Waals surface area contributed by atoms with Crippen LogP contribution in [0.25, 0.3) is 22.2 Å². The number of amides is 2. The molecule has 0 saturated heterocycles. The Kier molecular flexibility index (Phi) is 6.29. The van der Waals surface area contributed by atoms with Crippen LogP contribution in [-0.4, -0.2) is 42.9 Å². The molecule has 0 fully saturated rings. The summed E-state index contributed by atoms with van der Waals surface area (Å²) >= 11 is 6.30. The molecule has 0 unspecified atom stereocenters. The number of benzene rings is 3. The van der Waals surface area contributed by atoms with E-state index in [9.17, 15) is 9.59 Å². The van der Waals surface area contributed by atoms with E-state index in [2.05, 4.69) is 5.32 Å². The van der Waals surface area contributed by atoms with Crippen LogP contribution in [-0.2, 0) is 0 Å². The Morgan fingerprint density at radius 2 is 1.67 bits per heavy atom. The molecular formula is C26H22ClN3O3. The van der Waals surface area contributed by atoms with E-state index in [-0.39, 0.29) is 16.8 Å². The first-order valence-corrected chi connectivity index (χ1v) is 10.6. The van der Waals surface area contributed by atoms with Gasteiger partial charge in [0.15, 0.2) is 0 Å². The molecule has 0 spiro atoms. The molecule has 0 bridgehead atoms. The van der Waals surface area contributed by atoms with E-state index in [0.717, 1.165) is 16.7 Å². The standard InChI is InChI=1S/C26H22ClN3O3/c1-30(2)26(32)20-13-10-17(14-22(20)27)28-25(31)21-15-24(16-8-11-18(33-3)12-9-16)29-23-7-5-4-6-19(21)23/h4-15H,1-3H3,(H,28,31). The molecule has 1 heterocycles. The quantitative estimate of drug-likeness (QED) is 0.426. The molecule has 1 aromatic heterocycles. The molecule has 6 nitrogen and oxygen atoms in total. The number of nitrogens with zero attached hydrogens (tertiary/aromatic N) is 2. The summed E-state index contributed by atoms with van der Waals surface area (Å²) in [5, 5.41) is 3.89. The van der Waals surface area contributed by atoms with Gasteiger partial charge in [-0.05, 0) is 54.6 Å². The zero-order valence-corrected chi connectivity index (χ0v) is 19.2. The molecule has 3 aromatic carbocycles. The number of aromatic nitrogens is 1. The molecule has 2 amide bonds. The second-order valence-electron chi connectivity index (χ2n) is 7.65. The lowest BCUT2D eigenvalue weighted by atomic mass is 10.0. The highest BCUT2D eigenvalue weighted by molar-refractivity contribution is 6.34. The third-order valence-electron chi connectivity index (χ3n) is 5.21. The zero-order chi connectivity index (χ0) is 23.5. The first kappa shape index (κ1) is 22.3. The predicted octanol–water partition coefficient (Wildman–Crippen LogP) is 5.52. The van der Waals surface area contributed by atoms with Crippen molar-refractivity contribution in [2.45, 2.75) is 0 Å². The average molecular weight is 460 g/mol. The van der Waals surface area contributed by atoms with Crippen molar-refractivity contribution in [1.29, 1.82) is 0 Å². The van der Waals surface area contributed by atoms with Crippen molar-refractivity contribution in [3.63, 3.8) is 0 Å². The fourth-order valence-corrected chi connectivity index (χ4v) is 3.74. The maximum absolute atomic E-state index is 13.3. The molecule has 0 atom stereocenters. The van der Waals surface area contributed by atoms with Crippen LogP contribution in [0.2, 0.25) is 5.02 Å². The second-order valence-corrected chi connectivity index (χ2v) is 8.06. The number of pyridine rings is 1. The Labute approximate surface area is 196 Å². The fourth-order valence-electron chi connectivity index (χ4n) is 3.48. The van der Waals surface area contributed by atoms with Gasteiger partial charge in [-0.1, -0.05) is 29.8 Å². The van der Waals surface area contributed by atoms with E-state index < -0.39 is 0 Å². The summed E-state index contributed by atoms with van der Waals surface area (Å²) in [5.41, 5.74) is 3.59. The van der Waals surface area contributed by atoms with Gasteiger partial charge in [-0.2, -0.15) is 0 Å². The van der Waals surface area contributed by atoms with Crippen LogP contribution < -0.4 is 10.1 Å². The predicted molar refractivity (Wildman–Crippen MR) is 131 cm³/mol. The number of carbonyl (C=O) groups excluding carboxylic acids is 2. The Hall–Kier alpha value is -3.90. The third kappa shape index (κ3) is 4.66. The summed E-state index contributed by atoms with van der Waals surface area (Å²) in [6.07, 6.45) is 0. The van der Waals surface area contributed by atoms with E-state index in [1.54, 1.807) is 45.5 Å². The Balaban J connectivity index is 1.70. The molecule has 0 radical (unpaired) electrons. The number of hydrogen-bond donors (Lipinski definition) is 1.